The maximum absolute atomic E-state index is 13.5. The number of amides is 1. The molecule has 2 heterocycles. The molecule has 7 heteroatoms. The SMILES string of the molecule is COc1ccc(-c2n[nH]c3c2C(c2ccc(Cl)cc2Cl)N(Cc2ccccc2)C3=O)cc1. The topological polar surface area (TPSA) is 58.2 Å². The Hall–Kier alpha value is -3.28. The number of carbonyl (C=O) groups is 1. The third-order valence-electron chi connectivity index (χ3n) is 5.68. The Labute approximate surface area is 195 Å². The number of hydrogen-bond donors (Lipinski definition) is 1. The molecule has 0 bridgehead atoms. The lowest BCUT2D eigenvalue weighted by Gasteiger charge is -2.27. The van der Waals surface area contributed by atoms with Crippen LogP contribution in [0.4, 0.5) is 0 Å². The summed E-state index contributed by atoms with van der Waals surface area (Å²) in [7, 11) is 1.62. The fraction of sp³-hybridized carbons (Fsp3) is 0.120. The molecule has 0 saturated carbocycles. The van der Waals surface area contributed by atoms with Crippen LogP contribution in [0.25, 0.3) is 11.3 Å². The monoisotopic (exact) mass is 463 g/mol. The van der Waals surface area contributed by atoms with Crippen molar-refractivity contribution in [2.45, 2.75) is 12.6 Å². The molecule has 4 aromatic rings. The van der Waals surface area contributed by atoms with Crippen LogP contribution in [0.15, 0.2) is 72.8 Å². The summed E-state index contributed by atoms with van der Waals surface area (Å²) in [5, 5.41) is 8.51. The van der Waals surface area contributed by atoms with Gasteiger partial charge in [0, 0.05) is 27.7 Å². The molecule has 1 atom stereocenters. The van der Waals surface area contributed by atoms with Gasteiger partial charge in [-0.05, 0) is 47.5 Å². The van der Waals surface area contributed by atoms with Crippen molar-refractivity contribution in [1.29, 1.82) is 0 Å². The minimum absolute atomic E-state index is 0.118. The summed E-state index contributed by atoms with van der Waals surface area (Å²) in [6.07, 6.45) is 0. The standard InChI is InChI=1S/C25H19Cl2N3O2/c1-32-18-10-7-16(8-11-18)22-21-23(29-28-22)25(31)30(14-15-5-3-2-4-6-15)24(21)19-12-9-17(26)13-20(19)27/h2-13,24H,14H2,1H3,(H,28,29). The maximum Gasteiger partial charge on any atom is 0.273 e. The zero-order valence-electron chi connectivity index (χ0n) is 17.2. The molecule has 5 nitrogen and oxygen atoms in total. The predicted octanol–water partition coefficient (Wildman–Crippen LogP) is 6.14. The van der Waals surface area contributed by atoms with E-state index in [1.54, 1.807) is 19.2 Å². The Kier molecular flexibility index (Phi) is 5.37. The van der Waals surface area contributed by atoms with Crippen molar-refractivity contribution in [2.24, 2.45) is 0 Å². The first kappa shape index (κ1) is 20.6. The number of ether oxygens (including phenoxy) is 1. The molecule has 0 radical (unpaired) electrons. The molecule has 1 aliphatic rings. The van der Waals surface area contributed by atoms with Gasteiger partial charge < -0.3 is 9.64 Å². The van der Waals surface area contributed by atoms with E-state index >= 15 is 0 Å². The third kappa shape index (κ3) is 3.53. The van der Waals surface area contributed by atoms with Gasteiger partial charge in [-0.1, -0.05) is 59.6 Å². The second-order valence-electron chi connectivity index (χ2n) is 7.58. The van der Waals surface area contributed by atoms with Crippen molar-refractivity contribution < 1.29 is 9.53 Å². The summed E-state index contributed by atoms with van der Waals surface area (Å²) in [5.41, 5.74) is 4.70. The number of rotatable bonds is 5. The van der Waals surface area contributed by atoms with Gasteiger partial charge in [-0.25, -0.2) is 0 Å². The molecular weight excluding hydrogens is 445 g/mol. The Morgan fingerprint density at radius 3 is 2.47 bits per heavy atom. The van der Waals surface area contributed by atoms with Crippen molar-refractivity contribution in [2.75, 3.05) is 7.11 Å². The van der Waals surface area contributed by atoms with E-state index in [9.17, 15) is 4.79 Å². The van der Waals surface area contributed by atoms with Gasteiger partial charge in [0.15, 0.2) is 0 Å². The summed E-state index contributed by atoms with van der Waals surface area (Å²) in [5.74, 6) is 0.632. The minimum Gasteiger partial charge on any atom is -0.497 e. The number of nitrogens with zero attached hydrogens (tertiary/aromatic N) is 2. The summed E-state index contributed by atoms with van der Waals surface area (Å²) in [6.45, 7) is 0.438. The number of nitrogens with one attached hydrogen (secondary N) is 1. The van der Waals surface area contributed by atoms with E-state index in [1.165, 1.54) is 0 Å². The molecule has 1 amide bonds. The highest BCUT2D eigenvalue weighted by Crippen LogP contribution is 2.45. The van der Waals surface area contributed by atoms with Gasteiger partial charge in [0.1, 0.15) is 11.4 Å². The molecule has 0 spiro atoms. The number of carbonyl (C=O) groups excluding carboxylic acids is 1. The highest BCUT2D eigenvalue weighted by atomic mass is 35.5. The molecular formula is C25H19Cl2N3O2. The van der Waals surface area contributed by atoms with E-state index in [0.29, 0.717) is 28.0 Å². The summed E-state index contributed by atoms with van der Waals surface area (Å²) in [4.78, 5) is 15.3. The number of benzene rings is 3. The van der Waals surface area contributed by atoms with Crippen LogP contribution >= 0.6 is 23.2 Å². The molecule has 5 rings (SSSR count). The number of fused-ring (bicyclic) bond motifs is 1. The molecule has 1 aliphatic heterocycles. The second kappa shape index (κ2) is 8.34. The van der Waals surface area contributed by atoms with E-state index in [2.05, 4.69) is 10.2 Å². The molecule has 0 saturated heterocycles. The second-order valence-corrected chi connectivity index (χ2v) is 8.42. The number of hydrogen-bond acceptors (Lipinski definition) is 3. The van der Waals surface area contributed by atoms with Crippen molar-refractivity contribution >= 4 is 29.1 Å². The van der Waals surface area contributed by atoms with Crippen molar-refractivity contribution in [3.8, 4) is 17.0 Å². The van der Waals surface area contributed by atoms with Crippen LogP contribution < -0.4 is 4.74 Å². The van der Waals surface area contributed by atoms with Gasteiger partial charge in [0.05, 0.1) is 18.8 Å². The van der Waals surface area contributed by atoms with E-state index < -0.39 is 6.04 Å². The molecule has 1 N–H and O–H groups in total. The fourth-order valence-corrected chi connectivity index (χ4v) is 4.67. The molecule has 1 aromatic heterocycles. The maximum atomic E-state index is 13.5. The van der Waals surface area contributed by atoms with Crippen molar-refractivity contribution in [3.05, 3.63) is 105 Å². The van der Waals surface area contributed by atoms with Crippen LogP contribution in [0.2, 0.25) is 10.0 Å². The van der Waals surface area contributed by atoms with Crippen molar-refractivity contribution in [1.82, 2.24) is 15.1 Å². The zero-order chi connectivity index (χ0) is 22.2. The lowest BCUT2D eigenvalue weighted by molar-refractivity contribution is 0.0730. The van der Waals surface area contributed by atoms with Crippen LogP contribution in [0.5, 0.6) is 5.75 Å². The first-order valence-corrected chi connectivity index (χ1v) is 10.8. The first-order chi connectivity index (χ1) is 15.6. The zero-order valence-corrected chi connectivity index (χ0v) is 18.7. The third-order valence-corrected chi connectivity index (χ3v) is 6.24. The number of aromatic nitrogens is 2. The van der Waals surface area contributed by atoms with Gasteiger partial charge in [0.25, 0.3) is 5.91 Å². The molecule has 3 aromatic carbocycles. The predicted molar refractivity (Wildman–Crippen MR) is 125 cm³/mol. The van der Waals surface area contributed by atoms with Gasteiger partial charge in [-0.15, -0.1) is 0 Å². The molecule has 160 valence electrons. The molecule has 0 aliphatic carbocycles. The normalized spacial score (nSPS) is 15.2. The number of halogens is 2. The summed E-state index contributed by atoms with van der Waals surface area (Å²) >= 11 is 12.8. The van der Waals surface area contributed by atoms with Gasteiger partial charge >= 0.3 is 0 Å². The summed E-state index contributed by atoms with van der Waals surface area (Å²) < 4.78 is 5.28. The number of aromatic amines is 1. The summed E-state index contributed by atoms with van der Waals surface area (Å²) in [6, 6.07) is 22.5. The van der Waals surface area contributed by atoms with E-state index in [-0.39, 0.29) is 5.91 Å². The Morgan fingerprint density at radius 2 is 1.78 bits per heavy atom. The van der Waals surface area contributed by atoms with Crippen LogP contribution in [0.1, 0.15) is 33.2 Å². The van der Waals surface area contributed by atoms with Gasteiger partial charge in [0.2, 0.25) is 0 Å². The average molecular weight is 464 g/mol. The molecule has 32 heavy (non-hydrogen) atoms. The van der Waals surface area contributed by atoms with Crippen molar-refractivity contribution in [3.63, 3.8) is 0 Å². The minimum atomic E-state index is -0.404. The Balaban J connectivity index is 1.66. The molecule has 0 fully saturated rings. The highest BCUT2D eigenvalue weighted by Gasteiger charge is 2.42. The average Bonchev–Trinajstić information content (AvgIpc) is 3.35. The Bertz CT molecular complexity index is 1290. The number of methoxy groups -OCH3 is 1. The van der Waals surface area contributed by atoms with Crippen LogP contribution in [-0.4, -0.2) is 28.1 Å². The lowest BCUT2D eigenvalue weighted by Crippen LogP contribution is -2.29. The van der Waals surface area contributed by atoms with Gasteiger partial charge in [-0.3, -0.25) is 9.89 Å². The van der Waals surface area contributed by atoms with Gasteiger partial charge in [-0.2, -0.15) is 5.10 Å². The number of H-pyrrole nitrogens is 1. The van der Waals surface area contributed by atoms with E-state index in [1.807, 2.05) is 65.6 Å². The smallest absolute Gasteiger partial charge is 0.273 e. The van der Waals surface area contributed by atoms with E-state index in [0.717, 1.165) is 28.0 Å². The first-order valence-electron chi connectivity index (χ1n) is 10.1. The largest absolute Gasteiger partial charge is 0.497 e. The molecule has 1 unspecified atom stereocenters. The van der Waals surface area contributed by atoms with E-state index in [4.69, 9.17) is 27.9 Å². The Morgan fingerprint density at radius 1 is 1.03 bits per heavy atom. The highest BCUT2D eigenvalue weighted by molar-refractivity contribution is 6.35. The quantitative estimate of drug-likeness (QED) is 0.386. The fourth-order valence-electron chi connectivity index (χ4n) is 4.16. The van der Waals surface area contributed by atoms with Crippen LogP contribution in [0.3, 0.4) is 0 Å². The van der Waals surface area contributed by atoms with Crippen LogP contribution in [0, 0.1) is 0 Å². The van der Waals surface area contributed by atoms with Crippen LogP contribution in [-0.2, 0) is 6.54 Å². The lowest BCUT2D eigenvalue weighted by atomic mass is 9.95.